The number of hydrogen-bond donors (Lipinski definition) is 3. The molecule has 3 rings (SSSR count). The van der Waals surface area contributed by atoms with Gasteiger partial charge in [0.25, 0.3) is 5.56 Å². The molecule has 0 spiro atoms. The fourth-order valence-electron chi connectivity index (χ4n) is 1.64. The maximum Gasteiger partial charge on any atom is 0.272 e. The second-order valence-electron chi connectivity index (χ2n) is 3.52. The van der Waals surface area contributed by atoms with E-state index in [9.17, 15) is 4.79 Å². The van der Waals surface area contributed by atoms with Gasteiger partial charge in [-0.05, 0) is 18.2 Å². The van der Waals surface area contributed by atoms with E-state index < -0.39 is 0 Å². The van der Waals surface area contributed by atoms with E-state index >= 15 is 0 Å². The Bertz CT molecular complexity index is 744. The van der Waals surface area contributed by atoms with Crippen molar-refractivity contribution in [1.82, 2.24) is 15.2 Å². The van der Waals surface area contributed by atoms with Crippen LogP contribution in [0.1, 0.15) is 5.69 Å². The molecule has 84 valence electrons. The van der Waals surface area contributed by atoms with Gasteiger partial charge >= 0.3 is 0 Å². The largest absolute Gasteiger partial charge is 0.362 e. The van der Waals surface area contributed by atoms with Crippen LogP contribution >= 0.6 is 0 Å². The van der Waals surface area contributed by atoms with Crippen LogP contribution in [0, 0.1) is 0 Å². The Labute approximate surface area is 95.1 Å². The second-order valence-corrected chi connectivity index (χ2v) is 3.52. The van der Waals surface area contributed by atoms with Gasteiger partial charge in [-0.2, -0.15) is 0 Å². The molecular formula is C11H9N5O. The molecule has 0 aromatic carbocycles. The fourth-order valence-corrected chi connectivity index (χ4v) is 1.64. The van der Waals surface area contributed by atoms with E-state index in [4.69, 9.17) is 0 Å². The van der Waals surface area contributed by atoms with E-state index in [0.717, 1.165) is 5.69 Å². The maximum absolute atomic E-state index is 11.7. The van der Waals surface area contributed by atoms with Crippen LogP contribution in [0.5, 0.6) is 0 Å². The topological polar surface area (TPSA) is 89.2 Å². The zero-order chi connectivity index (χ0) is 11.7. The standard InChI is InChI=1S/C11H9N5O/c17-11-8(6-7-2-1-3-12-7)9(15-16-11)10-13-4-5-14-10/h1-6,12,15H,(H,16,17)/b8-6+. The summed E-state index contributed by atoms with van der Waals surface area (Å²) in [6, 6.07) is 3.74. The summed E-state index contributed by atoms with van der Waals surface area (Å²) in [4.78, 5) is 22.8. The highest BCUT2D eigenvalue weighted by molar-refractivity contribution is 6.20. The van der Waals surface area contributed by atoms with Gasteiger partial charge in [0.2, 0.25) is 0 Å². The van der Waals surface area contributed by atoms with Gasteiger partial charge in [0, 0.05) is 24.3 Å². The molecule has 6 nitrogen and oxygen atoms in total. The molecule has 1 aliphatic heterocycles. The van der Waals surface area contributed by atoms with Crippen LogP contribution in [0.3, 0.4) is 0 Å². The number of aromatic amines is 3. The van der Waals surface area contributed by atoms with Crippen LogP contribution in [-0.4, -0.2) is 27.6 Å². The number of H-pyrrole nitrogens is 3. The van der Waals surface area contributed by atoms with Crippen LogP contribution in [0.15, 0.2) is 33.1 Å². The lowest BCUT2D eigenvalue weighted by atomic mass is 10.3. The van der Waals surface area contributed by atoms with Crippen molar-refractivity contribution >= 4 is 24.3 Å². The molecule has 2 aromatic rings. The highest BCUT2D eigenvalue weighted by Gasteiger charge is 2.03. The Morgan fingerprint density at radius 2 is 2.00 bits per heavy atom. The molecule has 2 aromatic heterocycles. The molecule has 0 unspecified atom stereocenters. The summed E-state index contributed by atoms with van der Waals surface area (Å²) in [6.45, 7) is 0. The van der Waals surface area contributed by atoms with Crippen molar-refractivity contribution in [1.29, 1.82) is 0 Å². The number of nitrogens with one attached hydrogen (secondary N) is 3. The first-order valence-corrected chi connectivity index (χ1v) is 5.07. The predicted octanol–water partition coefficient (Wildman–Crippen LogP) is -0.919. The van der Waals surface area contributed by atoms with Gasteiger partial charge in [0.1, 0.15) is 5.35 Å². The van der Waals surface area contributed by atoms with E-state index in [1.807, 2.05) is 12.1 Å². The van der Waals surface area contributed by atoms with Gasteiger partial charge in [-0.15, -0.1) is 0 Å². The summed E-state index contributed by atoms with van der Waals surface area (Å²) in [5.41, 5.74) is 0.655. The SMILES string of the molecule is O=c1[nH][nH]c(=C2N=CC=N2)/c1=C\c1ccc[nH]1. The van der Waals surface area contributed by atoms with Crippen molar-refractivity contribution in [3.05, 3.63) is 44.9 Å². The van der Waals surface area contributed by atoms with E-state index in [0.29, 0.717) is 16.4 Å². The van der Waals surface area contributed by atoms with Crippen LogP contribution in [0.2, 0.25) is 0 Å². The molecule has 0 bridgehead atoms. The van der Waals surface area contributed by atoms with E-state index in [1.54, 1.807) is 24.7 Å². The highest BCUT2D eigenvalue weighted by atomic mass is 16.1. The average molecular weight is 227 g/mol. The van der Waals surface area contributed by atoms with Gasteiger partial charge in [-0.1, -0.05) is 0 Å². The zero-order valence-corrected chi connectivity index (χ0v) is 8.77. The molecule has 0 saturated heterocycles. The van der Waals surface area contributed by atoms with E-state index in [2.05, 4.69) is 25.2 Å². The lowest BCUT2D eigenvalue weighted by Crippen LogP contribution is -2.34. The van der Waals surface area contributed by atoms with Crippen molar-refractivity contribution in [2.24, 2.45) is 9.98 Å². The van der Waals surface area contributed by atoms with Crippen molar-refractivity contribution in [2.75, 3.05) is 0 Å². The lowest BCUT2D eigenvalue weighted by molar-refractivity contribution is 1.03. The van der Waals surface area contributed by atoms with Gasteiger partial charge in [-0.25, -0.2) is 9.98 Å². The Kier molecular flexibility index (Phi) is 2.11. The highest BCUT2D eigenvalue weighted by Crippen LogP contribution is 1.98. The van der Waals surface area contributed by atoms with Crippen molar-refractivity contribution in [2.45, 2.75) is 0 Å². The Balaban J connectivity index is 2.35. The molecule has 0 fully saturated rings. The molecule has 6 heteroatoms. The third-order valence-corrected chi connectivity index (χ3v) is 2.42. The van der Waals surface area contributed by atoms with Crippen molar-refractivity contribution in [3.8, 4) is 0 Å². The van der Waals surface area contributed by atoms with Gasteiger partial charge in [0.05, 0.1) is 5.22 Å². The van der Waals surface area contributed by atoms with Gasteiger partial charge in [0.15, 0.2) is 5.82 Å². The molecule has 17 heavy (non-hydrogen) atoms. The van der Waals surface area contributed by atoms with Crippen molar-refractivity contribution < 1.29 is 0 Å². The second kappa shape index (κ2) is 3.75. The minimum atomic E-state index is -0.195. The van der Waals surface area contributed by atoms with Gasteiger partial charge in [-0.3, -0.25) is 15.0 Å². The zero-order valence-electron chi connectivity index (χ0n) is 8.77. The molecular weight excluding hydrogens is 218 g/mol. The molecule has 3 N–H and O–H groups in total. The summed E-state index contributed by atoms with van der Waals surface area (Å²) in [6.07, 6.45) is 6.71. The predicted molar refractivity (Wildman–Crippen MR) is 65.4 cm³/mol. The molecule has 0 atom stereocenters. The maximum atomic E-state index is 11.7. The summed E-state index contributed by atoms with van der Waals surface area (Å²) >= 11 is 0. The molecule has 0 aliphatic carbocycles. The fraction of sp³-hybridized carbons (Fsp3) is 0. The summed E-state index contributed by atoms with van der Waals surface area (Å²) < 4.78 is 0. The number of nitrogens with zero attached hydrogens (tertiary/aromatic N) is 2. The smallest absolute Gasteiger partial charge is 0.272 e. The number of rotatable bonds is 1. The Morgan fingerprint density at radius 3 is 2.71 bits per heavy atom. The lowest BCUT2D eigenvalue weighted by Gasteiger charge is -1.85. The summed E-state index contributed by atoms with van der Waals surface area (Å²) in [5, 5.41) is 6.42. The summed E-state index contributed by atoms with van der Waals surface area (Å²) in [7, 11) is 0. The normalized spacial score (nSPS) is 15.1. The van der Waals surface area contributed by atoms with Crippen molar-refractivity contribution in [3.63, 3.8) is 0 Å². The molecule has 1 aliphatic rings. The number of hydrogen-bond acceptors (Lipinski definition) is 3. The monoisotopic (exact) mass is 227 g/mol. The third kappa shape index (κ3) is 1.65. The quantitative estimate of drug-likeness (QED) is 0.578. The number of aliphatic imine (C=N–C) groups is 2. The first-order valence-electron chi connectivity index (χ1n) is 5.07. The van der Waals surface area contributed by atoms with E-state index in [-0.39, 0.29) is 5.56 Å². The van der Waals surface area contributed by atoms with Crippen LogP contribution in [-0.2, 0) is 0 Å². The minimum absolute atomic E-state index is 0.195. The first-order chi connectivity index (χ1) is 8.34. The van der Waals surface area contributed by atoms with Crippen LogP contribution in [0.4, 0.5) is 0 Å². The molecule has 0 saturated carbocycles. The van der Waals surface area contributed by atoms with Gasteiger partial charge < -0.3 is 4.98 Å². The molecule has 0 radical (unpaired) electrons. The first kappa shape index (κ1) is 9.59. The average Bonchev–Trinajstić information content (AvgIpc) is 3.03. The third-order valence-electron chi connectivity index (χ3n) is 2.42. The van der Waals surface area contributed by atoms with Crippen LogP contribution in [0.25, 0.3) is 11.9 Å². The number of aromatic nitrogens is 3. The summed E-state index contributed by atoms with van der Waals surface area (Å²) in [5.74, 6) is 0.501. The van der Waals surface area contributed by atoms with E-state index in [1.165, 1.54) is 0 Å². The van der Waals surface area contributed by atoms with Crippen LogP contribution < -0.4 is 16.1 Å². The Hall–Kier alpha value is -2.63. The Morgan fingerprint density at radius 1 is 1.18 bits per heavy atom. The minimum Gasteiger partial charge on any atom is -0.362 e. The molecule has 0 amide bonds. The molecule has 3 heterocycles.